The van der Waals surface area contributed by atoms with Crippen LogP contribution in [0.25, 0.3) is 0 Å². The molecule has 0 spiro atoms. The molecule has 0 heterocycles. The lowest BCUT2D eigenvalue weighted by Gasteiger charge is -2.18. The van der Waals surface area contributed by atoms with Gasteiger partial charge in [0.15, 0.2) is 0 Å². The van der Waals surface area contributed by atoms with E-state index in [1.165, 1.54) is 0 Å². The third kappa shape index (κ3) is 2.82. The second kappa shape index (κ2) is 3.85. The fourth-order valence-corrected chi connectivity index (χ4v) is 0.686. The molecule has 56 valence electrons. The number of rotatable bonds is 3. The van der Waals surface area contributed by atoms with Crippen molar-refractivity contribution in [1.82, 2.24) is 0 Å². The molecule has 2 heteroatoms. The van der Waals surface area contributed by atoms with Crippen molar-refractivity contribution in [3.8, 4) is 0 Å². The number of aliphatic hydroxyl groups is 2. The van der Waals surface area contributed by atoms with Crippen molar-refractivity contribution in [3.05, 3.63) is 0 Å². The highest BCUT2D eigenvalue weighted by atomic mass is 16.3. The third-order valence-electron chi connectivity index (χ3n) is 1.50. The second-order valence-electron chi connectivity index (χ2n) is 2.71. The van der Waals surface area contributed by atoms with Crippen molar-refractivity contribution in [1.29, 1.82) is 0 Å². The molecule has 0 aromatic carbocycles. The smallest absolute Gasteiger partial charge is 0.0821 e. The van der Waals surface area contributed by atoms with Crippen LogP contribution in [0.5, 0.6) is 0 Å². The molecule has 0 saturated carbocycles. The van der Waals surface area contributed by atoms with E-state index in [1.807, 2.05) is 20.8 Å². The Kier molecular flexibility index (Phi) is 3.82. The molecule has 0 rings (SSSR count). The fourth-order valence-electron chi connectivity index (χ4n) is 0.686. The number of aliphatic hydroxyl groups excluding tert-OH is 2. The summed E-state index contributed by atoms with van der Waals surface area (Å²) in [4.78, 5) is 0. The molecule has 0 aliphatic carbocycles. The summed E-state index contributed by atoms with van der Waals surface area (Å²) in [6.45, 7) is 5.64. The summed E-state index contributed by atoms with van der Waals surface area (Å²) >= 11 is 0. The normalized spacial score (nSPS) is 18.0. The Morgan fingerprint density at radius 1 is 1.22 bits per heavy atom. The maximum atomic E-state index is 9.14. The lowest BCUT2D eigenvalue weighted by Crippen LogP contribution is -2.29. The van der Waals surface area contributed by atoms with Crippen LogP contribution in [0.4, 0.5) is 0 Å². The molecular weight excluding hydrogens is 116 g/mol. The van der Waals surface area contributed by atoms with Crippen LogP contribution in [0.15, 0.2) is 0 Å². The first-order chi connectivity index (χ1) is 4.09. The van der Waals surface area contributed by atoms with Crippen molar-refractivity contribution < 1.29 is 10.2 Å². The Labute approximate surface area is 56.5 Å². The Morgan fingerprint density at radius 3 is 1.78 bits per heavy atom. The first kappa shape index (κ1) is 8.92. The molecule has 2 atom stereocenters. The van der Waals surface area contributed by atoms with Gasteiger partial charge in [-0.2, -0.15) is 0 Å². The van der Waals surface area contributed by atoms with Crippen LogP contribution < -0.4 is 0 Å². The van der Waals surface area contributed by atoms with Gasteiger partial charge >= 0.3 is 0 Å². The first-order valence-electron chi connectivity index (χ1n) is 3.45. The van der Waals surface area contributed by atoms with E-state index in [9.17, 15) is 0 Å². The molecule has 0 saturated heterocycles. The van der Waals surface area contributed by atoms with Gasteiger partial charge in [-0.05, 0) is 12.3 Å². The molecule has 0 fully saturated rings. The summed E-state index contributed by atoms with van der Waals surface area (Å²) in [5.74, 6) is 0.153. The Balaban J connectivity index is 3.58. The summed E-state index contributed by atoms with van der Waals surface area (Å²) in [6, 6.07) is 0. The Morgan fingerprint density at radius 2 is 1.67 bits per heavy atom. The molecule has 0 bridgehead atoms. The zero-order valence-electron chi connectivity index (χ0n) is 6.33. The molecule has 2 nitrogen and oxygen atoms in total. The molecule has 0 aliphatic heterocycles. The van der Waals surface area contributed by atoms with E-state index < -0.39 is 12.2 Å². The lowest BCUT2D eigenvalue weighted by atomic mass is 10.0. The maximum Gasteiger partial charge on any atom is 0.0821 e. The Hall–Kier alpha value is -0.0800. The largest absolute Gasteiger partial charge is 0.390 e. The SMILES string of the molecule is CC[C@@H](O)[C@H](O)C(C)C. The highest BCUT2D eigenvalue weighted by molar-refractivity contribution is 4.67. The predicted octanol–water partition coefficient (Wildman–Crippen LogP) is 0.774. The van der Waals surface area contributed by atoms with E-state index in [-0.39, 0.29) is 5.92 Å². The van der Waals surface area contributed by atoms with Gasteiger partial charge < -0.3 is 10.2 Å². The van der Waals surface area contributed by atoms with E-state index >= 15 is 0 Å². The first-order valence-corrected chi connectivity index (χ1v) is 3.45. The zero-order chi connectivity index (χ0) is 7.44. The van der Waals surface area contributed by atoms with Crippen molar-refractivity contribution in [2.75, 3.05) is 0 Å². The van der Waals surface area contributed by atoms with Gasteiger partial charge in [0.25, 0.3) is 0 Å². The van der Waals surface area contributed by atoms with Crippen LogP contribution in [0.1, 0.15) is 27.2 Å². The highest BCUT2D eigenvalue weighted by Gasteiger charge is 2.16. The minimum absolute atomic E-state index is 0.153. The van der Waals surface area contributed by atoms with Crippen molar-refractivity contribution >= 4 is 0 Å². The summed E-state index contributed by atoms with van der Waals surface area (Å²) in [5, 5.41) is 18.2. The van der Waals surface area contributed by atoms with Crippen LogP contribution >= 0.6 is 0 Å². The average molecular weight is 132 g/mol. The maximum absolute atomic E-state index is 9.14. The predicted molar refractivity (Wildman–Crippen MR) is 37.1 cm³/mol. The van der Waals surface area contributed by atoms with Crippen molar-refractivity contribution in [3.63, 3.8) is 0 Å². The van der Waals surface area contributed by atoms with Crippen LogP contribution in [-0.4, -0.2) is 22.4 Å². The standard InChI is InChI=1S/C7H16O2/c1-4-6(8)7(9)5(2)3/h5-9H,4H2,1-3H3/t6-,7-/m1/s1. The molecule has 0 aliphatic rings. The van der Waals surface area contributed by atoms with Gasteiger partial charge in [-0.15, -0.1) is 0 Å². The monoisotopic (exact) mass is 132 g/mol. The van der Waals surface area contributed by atoms with Crippen LogP contribution in [0, 0.1) is 5.92 Å². The van der Waals surface area contributed by atoms with E-state index in [2.05, 4.69) is 0 Å². The summed E-state index contributed by atoms with van der Waals surface area (Å²) in [7, 11) is 0. The van der Waals surface area contributed by atoms with E-state index in [1.54, 1.807) is 0 Å². The molecule has 0 aromatic heterocycles. The highest BCUT2D eigenvalue weighted by Crippen LogP contribution is 2.07. The second-order valence-corrected chi connectivity index (χ2v) is 2.71. The number of hydrogen-bond acceptors (Lipinski definition) is 2. The summed E-state index contributed by atoms with van der Waals surface area (Å²) in [5.41, 5.74) is 0. The summed E-state index contributed by atoms with van der Waals surface area (Å²) in [6.07, 6.45) is -0.487. The molecule has 0 aromatic rings. The van der Waals surface area contributed by atoms with Crippen LogP contribution in [-0.2, 0) is 0 Å². The van der Waals surface area contributed by atoms with Gasteiger partial charge in [0, 0.05) is 0 Å². The van der Waals surface area contributed by atoms with Gasteiger partial charge in [-0.1, -0.05) is 20.8 Å². The molecule has 0 radical (unpaired) electrons. The van der Waals surface area contributed by atoms with Gasteiger partial charge in [-0.25, -0.2) is 0 Å². The zero-order valence-corrected chi connectivity index (χ0v) is 6.33. The lowest BCUT2D eigenvalue weighted by molar-refractivity contribution is -0.00946. The molecule has 2 N–H and O–H groups in total. The van der Waals surface area contributed by atoms with Gasteiger partial charge in [0.2, 0.25) is 0 Å². The minimum atomic E-state index is -0.560. The van der Waals surface area contributed by atoms with E-state index in [0.29, 0.717) is 6.42 Å². The quantitative estimate of drug-likeness (QED) is 0.595. The van der Waals surface area contributed by atoms with Gasteiger partial charge in [-0.3, -0.25) is 0 Å². The summed E-state index contributed by atoms with van der Waals surface area (Å²) < 4.78 is 0. The molecule has 0 unspecified atom stereocenters. The molecule has 0 amide bonds. The van der Waals surface area contributed by atoms with E-state index in [4.69, 9.17) is 10.2 Å². The topological polar surface area (TPSA) is 40.5 Å². The van der Waals surface area contributed by atoms with Gasteiger partial charge in [0.05, 0.1) is 12.2 Å². The third-order valence-corrected chi connectivity index (χ3v) is 1.50. The Bertz CT molecular complexity index is 71.3. The minimum Gasteiger partial charge on any atom is -0.390 e. The van der Waals surface area contributed by atoms with E-state index in [0.717, 1.165) is 0 Å². The number of hydrogen-bond donors (Lipinski definition) is 2. The van der Waals surface area contributed by atoms with Crippen LogP contribution in [0.2, 0.25) is 0 Å². The van der Waals surface area contributed by atoms with Crippen molar-refractivity contribution in [2.24, 2.45) is 5.92 Å². The van der Waals surface area contributed by atoms with Crippen molar-refractivity contribution in [2.45, 2.75) is 39.4 Å². The van der Waals surface area contributed by atoms with Gasteiger partial charge in [0.1, 0.15) is 0 Å². The van der Waals surface area contributed by atoms with Crippen LogP contribution in [0.3, 0.4) is 0 Å². The fraction of sp³-hybridized carbons (Fsp3) is 1.00. The molecule has 9 heavy (non-hydrogen) atoms. The molecular formula is C7H16O2. The average Bonchev–Trinajstić information content (AvgIpc) is 1.84.